The van der Waals surface area contributed by atoms with Crippen molar-refractivity contribution in [1.82, 2.24) is 19.8 Å². The minimum absolute atomic E-state index is 0.163. The van der Waals surface area contributed by atoms with Crippen LogP contribution in [-0.2, 0) is 6.42 Å². The monoisotopic (exact) mass is 390 g/mol. The smallest absolute Gasteiger partial charge is 0.254 e. The molecule has 0 spiro atoms. The lowest BCUT2D eigenvalue weighted by Gasteiger charge is -2.41. The number of benzene rings is 2. The SMILES string of the molecule is CCCC[C@H]1CN(C(=O)c2cccc3ccccc23)CCN1CCc1cnc[nH]1. The molecule has 152 valence electrons. The molecular formula is C24H30N4O. The van der Waals surface area contributed by atoms with Crippen molar-refractivity contribution in [3.05, 3.63) is 66.2 Å². The number of unbranched alkanes of at least 4 members (excludes halogenated alkanes) is 1. The maximum absolute atomic E-state index is 13.4. The van der Waals surface area contributed by atoms with Gasteiger partial charge in [-0.3, -0.25) is 9.69 Å². The molecule has 5 nitrogen and oxygen atoms in total. The van der Waals surface area contributed by atoms with E-state index in [-0.39, 0.29) is 5.91 Å². The van der Waals surface area contributed by atoms with Gasteiger partial charge in [-0.25, -0.2) is 4.98 Å². The molecule has 2 aromatic carbocycles. The van der Waals surface area contributed by atoms with E-state index in [4.69, 9.17) is 0 Å². The molecule has 1 saturated heterocycles. The van der Waals surface area contributed by atoms with E-state index in [1.807, 2.05) is 30.5 Å². The standard InChI is InChI=1S/C24H30N4O/c1-2-3-9-21-17-28(15-14-27(21)13-12-20-16-25-18-26-20)24(29)23-11-6-8-19-7-4-5-10-22(19)23/h4-8,10-11,16,18,21H,2-3,9,12-15,17H2,1H3,(H,25,26)/t21-/m0/s1. The highest BCUT2D eigenvalue weighted by atomic mass is 16.2. The second-order valence-corrected chi connectivity index (χ2v) is 7.94. The lowest BCUT2D eigenvalue weighted by atomic mass is 10.0. The van der Waals surface area contributed by atoms with E-state index in [2.05, 4.69) is 44.9 Å². The number of nitrogens with one attached hydrogen (secondary N) is 1. The summed E-state index contributed by atoms with van der Waals surface area (Å²) in [4.78, 5) is 25.3. The number of carbonyl (C=O) groups is 1. The Balaban J connectivity index is 1.48. The normalized spacial score (nSPS) is 17.7. The Morgan fingerprint density at radius 3 is 2.86 bits per heavy atom. The zero-order valence-corrected chi connectivity index (χ0v) is 17.2. The Kier molecular flexibility index (Phi) is 6.25. The average Bonchev–Trinajstić information content (AvgIpc) is 3.29. The van der Waals surface area contributed by atoms with Gasteiger partial charge in [-0.05, 0) is 23.3 Å². The first-order valence-electron chi connectivity index (χ1n) is 10.7. The van der Waals surface area contributed by atoms with Gasteiger partial charge in [0.1, 0.15) is 0 Å². The predicted octanol–water partition coefficient (Wildman–Crippen LogP) is 4.12. The van der Waals surface area contributed by atoms with Gasteiger partial charge in [-0.2, -0.15) is 0 Å². The minimum atomic E-state index is 0.163. The van der Waals surface area contributed by atoms with Crippen molar-refractivity contribution in [3.63, 3.8) is 0 Å². The van der Waals surface area contributed by atoms with E-state index >= 15 is 0 Å². The van der Waals surface area contributed by atoms with Gasteiger partial charge in [0.05, 0.1) is 6.33 Å². The average molecular weight is 391 g/mol. The van der Waals surface area contributed by atoms with Gasteiger partial charge in [0.15, 0.2) is 0 Å². The molecule has 3 aromatic rings. The van der Waals surface area contributed by atoms with Crippen LogP contribution < -0.4 is 0 Å². The molecule has 4 rings (SSSR count). The first-order chi connectivity index (χ1) is 14.3. The van der Waals surface area contributed by atoms with Crippen LogP contribution in [0.15, 0.2) is 55.0 Å². The third-order valence-electron chi connectivity index (χ3n) is 6.03. The number of hydrogen-bond acceptors (Lipinski definition) is 3. The van der Waals surface area contributed by atoms with Crippen LogP contribution in [0.2, 0.25) is 0 Å². The summed E-state index contributed by atoms with van der Waals surface area (Å²) < 4.78 is 0. The Morgan fingerprint density at radius 1 is 1.17 bits per heavy atom. The number of piperazine rings is 1. The van der Waals surface area contributed by atoms with E-state index in [0.717, 1.165) is 55.4 Å². The summed E-state index contributed by atoms with van der Waals surface area (Å²) in [7, 11) is 0. The summed E-state index contributed by atoms with van der Waals surface area (Å²) in [5, 5.41) is 2.17. The molecule has 1 N–H and O–H groups in total. The number of nitrogens with zero attached hydrogens (tertiary/aromatic N) is 3. The Morgan fingerprint density at radius 2 is 2.03 bits per heavy atom. The molecule has 1 aliphatic heterocycles. The van der Waals surface area contributed by atoms with Crippen molar-refractivity contribution < 1.29 is 4.79 Å². The lowest BCUT2D eigenvalue weighted by Crippen LogP contribution is -2.55. The maximum atomic E-state index is 13.4. The number of aromatic amines is 1. The van der Waals surface area contributed by atoms with Gasteiger partial charge < -0.3 is 9.88 Å². The number of amides is 1. The molecule has 0 saturated carbocycles. The first-order valence-corrected chi connectivity index (χ1v) is 10.7. The van der Waals surface area contributed by atoms with Crippen LogP contribution in [0.5, 0.6) is 0 Å². The van der Waals surface area contributed by atoms with Gasteiger partial charge in [0.2, 0.25) is 0 Å². The largest absolute Gasteiger partial charge is 0.348 e. The van der Waals surface area contributed by atoms with E-state index in [1.165, 1.54) is 18.5 Å². The highest BCUT2D eigenvalue weighted by molar-refractivity contribution is 6.07. The third-order valence-corrected chi connectivity index (χ3v) is 6.03. The van der Waals surface area contributed by atoms with E-state index in [0.29, 0.717) is 6.04 Å². The molecule has 5 heteroatoms. The van der Waals surface area contributed by atoms with Gasteiger partial charge in [0.25, 0.3) is 5.91 Å². The quantitative estimate of drug-likeness (QED) is 0.660. The molecule has 0 aliphatic carbocycles. The van der Waals surface area contributed by atoms with Crippen LogP contribution in [0, 0.1) is 0 Å². The van der Waals surface area contributed by atoms with Gasteiger partial charge in [-0.1, -0.05) is 56.2 Å². The van der Waals surface area contributed by atoms with E-state index < -0.39 is 0 Å². The molecule has 2 heterocycles. The summed E-state index contributed by atoms with van der Waals surface area (Å²) in [6.07, 6.45) is 8.13. The van der Waals surface area contributed by atoms with Crippen molar-refractivity contribution in [3.8, 4) is 0 Å². The van der Waals surface area contributed by atoms with E-state index in [1.54, 1.807) is 6.33 Å². The van der Waals surface area contributed by atoms with Crippen molar-refractivity contribution in [2.75, 3.05) is 26.2 Å². The van der Waals surface area contributed by atoms with Crippen molar-refractivity contribution in [2.24, 2.45) is 0 Å². The van der Waals surface area contributed by atoms with Crippen LogP contribution in [0.3, 0.4) is 0 Å². The Hall–Kier alpha value is -2.66. The van der Waals surface area contributed by atoms with Crippen molar-refractivity contribution in [2.45, 2.75) is 38.6 Å². The highest BCUT2D eigenvalue weighted by Crippen LogP contribution is 2.23. The second-order valence-electron chi connectivity index (χ2n) is 7.94. The maximum Gasteiger partial charge on any atom is 0.254 e. The van der Waals surface area contributed by atoms with Gasteiger partial charge in [0, 0.05) is 56.1 Å². The molecule has 0 unspecified atom stereocenters. The van der Waals surface area contributed by atoms with Crippen LogP contribution >= 0.6 is 0 Å². The first kappa shape index (κ1) is 19.6. The van der Waals surface area contributed by atoms with Crippen LogP contribution in [0.1, 0.15) is 42.2 Å². The molecule has 0 radical (unpaired) electrons. The minimum Gasteiger partial charge on any atom is -0.348 e. The fourth-order valence-electron chi connectivity index (χ4n) is 4.35. The molecule has 1 atom stereocenters. The molecular weight excluding hydrogens is 360 g/mol. The van der Waals surface area contributed by atoms with Crippen molar-refractivity contribution >= 4 is 16.7 Å². The van der Waals surface area contributed by atoms with Crippen LogP contribution in [-0.4, -0.2) is 57.9 Å². The van der Waals surface area contributed by atoms with Crippen LogP contribution in [0.4, 0.5) is 0 Å². The summed E-state index contributed by atoms with van der Waals surface area (Å²) in [5.74, 6) is 0.163. The lowest BCUT2D eigenvalue weighted by molar-refractivity contribution is 0.0464. The Labute approximate surface area is 172 Å². The molecule has 1 aliphatic rings. The molecule has 0 bridgehead atoms. The predicted molar refractivity (Wildman–Crippen MR) is 117 cm³/mol. The van der Waals surface area contributed by atoms with Gasteiger partial charge in [-0.15, -0.1) is 0 Å². The zero-order valence-electron chi connectivity index (χ0n) is 17.2. The molecule has 1 fully saturated rings. The zero-order chi connectivity index (χ0) is 20.1. The number of carbonyl (C=O) groups excluding carboxylic acids is 1. The number of fused-ring (bicyclic) bond motifs is 1. The van der Waals surface area contributed by atoms with Crippen LogP contribution in [0.25, 0.3) is 10.8 Å². The molecule has 1 aromatic heterocycles. The summed E-state index contributed by atoms with van der Waals surface area (Å²) in [6, 6.07) is 14.6. The summed E-state index contributed by atoms with van der Waals surface area (Å²) in [6.45, 7) is 5.77. The van der Waals surface area contributed by atoms with E-state index in [9.17, 15) is 4.79 Å². The highest BCUT2D eigenvalue weighted by Gasteiger charge is 2.30. The Bertz CT molecular complexity index is 932. The third kappa shape index (κ3) is 4.51. The summed E-state index contributed by atoms with van der Waals surface area (Å²) in [5.41, 5.74) is 2.00. The number of H-pyrrole nitrogens is 1. The molecule has 29 heavy (non-hydrogen) atoms. The number of imidazole rings is 1. The molecule has 1 amide bonds. The number of aromatic nitrogens is 2. The topological polar surface area (TPSA) is 52.2 Å². The fourth-order valence-corrected chi connectivity index (χ4v) is 4.35. The van der Waals surface area contributed by atoms with Gasteiger partial charge >= 0.3 is 0 Å². The summed E-state index contributed by atoms with van der Waals surface area (Å²) >= 11 is 0. The van der Waals surface area contributed by atoms with Crippen molar-refractivity contribution in [1.29, 1.82) is 0 Å². The number of hydrogen-bond donors (Lipinski definition) is 1. The number of rotatable bonds is 7. The fraction of sp³-hybridized carbons (Fsp3) is 0.417. The second kappa shape index (κ2) is 9.23.